The minimum Gasteiger partial charge on any atom is -0.480 e. The van der Waals surface area contributed by atoms with Crippen molar-refractivity contribution in [3.8, 4) is 0 Å². The molecule has 3 N–H and O–H groups in total. The fraction of sp³-hybridized carbons (Fsp3) is 0.846. The summed E-state index contributed by atoms with van der Waals surface area (Å²) in [6.45, 7) is 8.28. The summed E-state index contributed by atoms with van der Waals surface area (Å²) in [6, 6.07) is -1.29. The number of amides is 2. The number of hydrogen-bond acceptors (Lipinski definition) is 3. The van der Waals surface area contributed by atoms with Gasteiger partial charge in [0.2, 0.25) is 0 Å². The summed E-state index contributed by atoms with van der Waals surface area (Å²) in [5.74, 6) is -0.796. The topological polar surface area (TPSA) is 81.7 Å². The number of rotatable bonds is 7. The first-order valence-corrected chi connectivity index (χ1v) is 6.51. The average molecular weight is 273 g/mol. The van der Waals surface area contributed by atoms with Crippen molar-refractivity contribution in [3.63, 3.8) is 0 Å². The third-order valence-electron chi connectivity index (χ3n) is 3.20. The number of carboxylic acids is 1. The molecule has 0 aliphatic carbocycles. The molecule has 0 bridgehead atoms. The second kappa shape index (κ2) is 7.33. The van der Waals surface area contributed by atoms with Crippen molar-refractivity contribution in [3.05, 3.63) is 0 Å². The minimum absolute atomic E-state index is 0.186. The average Bonchev–Trinajstić information content (AvgIpc) is 2.24. The lowest BCUT2D eigenvalue weighted by molar-refractivity contribution is -0.139. The van der Waals surface area contributed by atoms with Gasteiger partial charge in [-0.2, -0.15) is 0 Å². The molecule has 0 aromatic heterocycles. The molecule has 0 rings (SSSR count). The Labute approximate surface area is 115 Å². The van der Waals surface area contributed by atoms with E-state index < -0.39 is 18.0 Å². The molecule has 0 aliphatic heterocycles. The van der Waals surface area contributed by atoms with Crippen LogP contribution in [0.15, 0.2) is 0 Å². The molecule has 0 radical (unpaired) electrons. The Morgan fingerprint density at radius 1 is 1.26 bits per heavy atom. The molecule has 0 fully saturated rings. The maximum absolute atomic E-state index is 11.7. The summed E-state index contributed by atoms with van der Waals surface area (Å²) in [4.78, 5) is 24.7. The molecule has 19 heavy (non-hydrogen) atoms. The van der Waals surface area contributed by atoms with Crippen molar-refractivity contribution < 1.29 is 14.7 Å². The molecule has 6 heteroatoms. The smallest absolute Gasteiger partial charge is 0.326 e. The van der Waals surface area contributed by atoms with E-state index in [2.05, 4.69) is 10.6 Å². The van der Waals surface area contributed by atoms with Gasteiger partial charge in [0.05, 0.1) is 0 Å². The monoisotopic (exact) mass is 273 g/mol. The molecule has 0 saturated carbocycles. The van der Waals surface area contributed by atoms with E-state index in [0.29, 0.717) is 13.0 Å². The lowest BCUT2D eigenvalue weighted by Crippen LogP contribution is -2.53. The van der Waals surface area contributed by atoms with Crippen molar-refractivity contribution in [2.45, 2.75) is 45.7 Å². The van der Waals surface area contributed by atoms with Crippen molar-refractivity contribution in [2.75, 3.05) is 20.6 Å². The zero-order valence-corrected chi connectivity index (χ0v) is 12.8. The van der Waals surface area contributed by atoms with E-state index in [1.165, 1.54) is 0 Å². The van der Waals surface area contributed by atoms with Gasteiger partial charge in [-0.05, 0) is 40.3 Å². The van der Waals surface area contributed by atoms with E-state index in [-0.39, 0.29) is 11.5 Å². The zero-order chi connectivity index (χ0) is 15.2. The zero-order valence-electron chi connectivity index (χ0n) is 12.8. The minimum atomic E-state index is -1.00. The highest BCUT2D eigenvalue weighted by Crippen LogP contribution is 2.08. The normalized spacial score (nSPS) is 13.5. The molecular formula is C13H27N3O3. The highest BCUT2D eigenvalue weighted by atomic mass is 16.4. The first kappa shape index (κ1) is 17.7. The van der Waals surface area contributed by atoms with Crippen molar-refractivity contribution in [2.24, 2.45) is 5.92 Å². The number of likely N-dealkylation sites (N-methyl/N-ethyl adjacent to an activating group) is 1. The molecule has 0 heterocycles. The summed E-state index contributed by atoms with van der Waals surface area (Å²) >= 11 is 0. The summed E-state index contributed by atoms with van der Waals surface area (Å²) in [5, 5.41) is 14.2. The summed E-state index contributed by atoms with van der Waals surface area (Å²) < 4.78 is 0. The van der Waals surface area contributed by atoms with Gasteiger partial charge in [-0.3, -0.25) is 0 Å². The highest BCUT2D eigenvalue weighted by molar-refractivity contribution is 5.82. The van der Waals surface area contributed by atoms with Gasteiger partial charge in [-0.1, -0.05) is 13.8 Å². The van der Waals surface area contributed by atoms with E-state index in [1.54, 1.807) is 0 Å². The Morgan fingerprint density at radius 2 is 1.79 bits per heavy atom. The molecule has 0 spiro atoms. The molecule has 112 valence electrons. The van der Waals surface area contributed by atoms with Crippen LogP contribution in [0.2, 0.25) is 0 Å². The van der Waals surface area contributed by atoms with Crippen LogP contribution in [0.5, 0.6) is 0 Å². The highest BCUT2D eigenvalue weighted by Gasteiger charge is 2.24. The molecule has 0 aromatic carbocycles. The van der Waals surface area contributed by atoms with Crippen molar-refractivity contribution in [1.29, 1.82) is 0 Å². The van der Waals surface area contributed by atoms with E-state index in [4.69, 9.17) is 5.11 Å². The van der Waals surface area contributed by atoms with Gasteiger partial charge >= 0.3 is 12.0 Å². The number of carboxylic acid groups (broad SMARTS) is 1. The fourth-order valence-electron chi connectivity index (χ4n) is 1.36. The van der Waals surface area contributed by atoms with E-state index in [9.17, 15) is 9.59 Å². The van der Waals surface area contributed by atoms with Gasteiger partial charge in [-0.15, -0.1) is 0 Å². The Bertz CT molecular complexity index is 314. The van der Waals surface area contributed by atoms with E-state index >= 15 is 0 Å². The second-order valence-electron chi connectivity index (χ2n) is 6.05. The Morgan fingerprint density at radius 3 is 2.16 bits per heavy atom. The molecule has 0 saturated heterocycles. The van der Waals surface area contributed by atoms with Gasteiger partial charge in [0.1, 0.15) is 6.04 Å². The quantitative estimate of drug-likeness (QED) is 0.649. The first-order chi connectivity index (χ1) is 8.56. The third kappa shape index (κ3) is 7.00. The fourth-order valence-corrected chi connectivity index (χ4v) is 1.36. The molecule has 0 aromatic rings. The predicted molar refractivity (Wildman–Crippen MR) is 75.2 cm³/mol. The number of carbonyl (C=O) groups excluding carboxylic acids is 1. The first-order valence-electron chi connectivity index (χ1n) is 6.51. The van der Waals surface area contributed by atoms with Gasteiger partial charge < -0.3 is 20.6 Å². The number of carbonyl (C=O) groups is 2. The van der Waals surface area contributed by atoms with Crippen LogP contribution >= 0.6 is 0 Å². The number of nitrogens with zero attached hydrogens (tertiary/aromatic N) is 1. The number of hydrogen-bond donors (Lipinski definition) is 3. The van der Waals surface area contributed by atoms with Gasteiger partial charge in [-0.25, -0.2) is 9.59 Å². The van der Waals surface area contributed by atoms with Crippen LogP contribution in [0, 0.1) is 5.92 Å². The lowest BCUT2D eigenvalue weighted by atomic mass is 10.0. The molecular weight excluding hydrogens is 246 g/mol. The van der Waals surface area contributed by atoms with Crippen LogP contribution in [0.25, 0.3) is 0 Å². The largest absolute Gasteiger partial charge is 0.480 e. The van der Waals surface area contributed by atoms with Crippen LogP contribution < -0.4 is 10.6 Å². The number of urea groups is 1. The molecule has 1 atom stereocenters. The Kier molecular flexibility index (Phi) is 6.83. The summed E-state index contributed by atoms with van der Waals surface area (Å²) in [6.07, 6.45) is 0.416. The van der Waals surface area contributed by atoms with E-state index in [1.807, 2.05) is 46.7 Å². The van der Waals surface area contributed by atoms with Crippen LogP contribution in [0.1, 0.15) is 34.1 Å². The van der Waals surface area contributed by atoms with E-state index in [0.717, 1.165) is 0 Å². The Hall–Kier alpha value is -1.30. The maximum atomic E-state index is 11.7. The van der Waals surface area contributed by atoms with Crippen molar-refractivity contribution >= 4 is 12.0 Å². The standard InChI is InChI=1S/C13H27N3O3/c1-9(2)7-10(11(17)18)15-12(19)14-8-13(3,4)16(5)6/h9-10H,7-8H2,1-6H3,(H,17,18)(H2,14,15,19)/t10-/m0/s1. The molecule has 2 amide bonds. The molecule has 0 unspecified atom stereocenters. The van der Waals surface area contributed by atoms with Gasteiger partial charge in [0.25, 0.3) is 0 Å². The second-order valence-corrected chi connectivity index (χ2v) is 6.05. The SMILES string of the molecule is CC(C)C[C@H](NC(=O)NCC(C)(C)N(C)C)C(=O)O. The third-order valence-corrected chi connectivity index (χ3v) is 3.20. The summed E-state index contributed by atoms with van der Waals surface area (Å²) in [7, 11) is 3.86. The number of aliphatic carboxylic acids is 1. The van der Waals surface area contributed by atoms with Crippen LogP contribution in [0.4, 0.5) is 4.79 Å². The van der Waals surface area contributed by atoms with Gasteiger partial charge in [0.15, 0.2) is 0 Å². The maximum Gasteiger partial charge on any atom is 0.326 e. The summed E-state index contributed by atoms with van der Waals surface area (Å²) in [5.41, 5.74) is -0.186. The lowest BCUT2D eigenvalue weighted by Gasteiger charge is -2.32. The number of nitrogens with one attached hydrogen (secondary N) is 2. The Balaban J connectivity index is 4.32. The van der Waals surface area contributed by atoms with Crippen LogP contribution in [0.3, 0.4) is 0 Å². The van der Waals surface area contributed by atoms with Crippen LogP contribution in [-0.2, 0) is 4.79 Å². The van der Waals surface area contributed by atoms with Gasteiger partial charge in [0, 0.05) is 12.1 Å². The predicted octanol–water partition coefficient (Wildman–Crippen LogP) is 1.13. The molecule has 6 nitrogen and oxygen atoms in total. The van der Waals surface area contributed by atoms with Crippen LogP contribution in [-0.4, -0.2) is 54.2 Å². The molecule has 0 aliphatic rings. The van der Waals surface area contributed by atoms with Crippen molar-refractivity contribution in [1.82, 2.24) is 15.5 Å².